The predicted molar refractivity (Wildman–Crippen MR) is 132 cm³/mol. The highest BCUT2D eigenvalue weighted by Crippen LogP contribution is 2.57. The highest BCUT2D eigenvalue weighted by Gasteiger charge is 2.67. The maximum atomic E-state index is 14.1. The summed E-state index contributed by atoms with van der Waals surface area (Å²) in [5, 5.41) is 10.7. The first-order valence-electron chi connectivity index (χ1n) is 11.5. The first-order chi connectivity index (χ1) is 16.6. The van der Waals surface area contributed by atoms with Gasteiger partial charge in [-0.25, -0.2) is 0 Å². The lowest BCUT2D eigenvalue weighted by Crippen LogP contribution is -2.48. The van der Waals surface area contributed by atoms with Gasteiger partial charge in [0.05, 0.1) is 39.5 Å². The molecule has 2 aromatic carbocycles. The van der Waals surface area contributed by atoms with Crippen molar-refractivity contribution < 1.29 is 23.8 Å². The van der Waals surface area contributed by atoms with Gasteiger partial charge in [-0.2, -0.15) is 5.26 Å². The molecule has 2 aliphatic rings. The molecule has 35 heavy (non-hydrogen) atoms. The van der Waals surface area contributed by atoms with Crippen molar-refractivity contribution in [2.45, 2.75) is 38.8 Å². The monoisotopic (exact) mass is 474 g/mol. The maximum Gasteiger partial charge on any atom is 0.329 e. The average Bonchev–Trinajstić information content (AvgIpc) is 3.18. The van der Waals surface area contributed by atoms with Crippen molar-refractivity contribution in [2.75, 3.05) is 26.2 Å². The zero-order chi connectivity index (χ0) is 25.5. The summed E-state index contributed by atoms with van der Waals surface area (Å²) in [6.07, 6.45) is 3.74. The second-order valence-electron chi connectivity index (χ2n) is 9.89. The number of ketones is 1. The molecule has 4 rings (SSSR count). The van der Waals surface area contributed by atoms with E-state index in [-0.39, 0.29) is 5.78 Å². The highest BCUT2D eigenvalue weighted by atomic mass is 16.5. The van der Waals surface area contributed by atoms with Crippen molar-refractivity contribution in [3.8, 4) is 17.6 Å². The van der Waals surface area contributed by atoms with E-state index in [4.69, 9.17) is 14.2 Å². The van der Waals surface area contributed by atoms with Gasteiger partial charge in [-0.3, -0.25) is 9.59 Å². The molecule has 4 atom stereocenters. The van der Waals surface area contributed by atoms with Crippen LogP contribution >= 0.6 is 0 Å². The predicted octanol–water partition coefficient (Wildman–Crippen LogP) is 4.37. The number of nitrogens with zero attached hydrogens (tertiary/aromatic N) is 2. The second-order valence-corrected chi connectivity index (χ2v) is 9.89. The normalized spacial score (nSPS) is 24.7. The standard InChI is InChI=1S/C28H30N2O5/c1-27(2,3)25(31)24-23(18-11-13-20(33-4)21(15-18)34-5)28(16-29,26(32)35-6)22-14-12-17-9-7-8-10-19(17)30(22)24/h7-15,22-24H,1-6H3/t22?,23-,24+,28-/m1/s1. The molecule has 1 saturated heterocycles. The number of methoxy groups -OCH3 is 3. The molecule has 2 aliphatic heterocycles. The summed E-state index contributed by atoms with van der Waals surface area (Å²) >= 11 is 0. The fourth-order valence-corrected chi connectivity index (χ4v) is 5.40. The van der Waals surface area contributed by atoms with Gasteiger partial charge < -0.3 is 19.1 Å². The topological polar surface area (TPSA) is 88.9 Å². The number of rotatable bonds is 5. The molecule has 0 N–H and O–H groups in total. The third-order valence-electron chi connectivity index (χ3n) is 7.03. The van der Waals surface area contributed by atoms with Crippen molar-refractivity contribution in [1.82, 2.24) is 0 Å². The molecule has 0 radical (unpaired) electrons. The van der Waals surface area contributed by atoms with Gasteiger partial charge in [-0.15, -0.1) is 0 Å². The van der Waals surface area contributed by atoms with Gasteiger partial charge in [0, 0.05) is 17.0 Å². The van der Waals surface area contributed by atoms with Crippen molar-refractivity contribution in [2.24, 2.45) is 10.8 Å². The molecule has 0 amide bonds. The van der Waals surface area contributed by atoms with E-state index >= 15 is 0 Å². The van der Waals surface area contributed by atoms with Gasteiger partial charge in [-0.1, -0.05) is 57.2 Å². The van der Waals surface area contributed by atoms with Crippen molar-refractivity contribution in [1.29, 1.82) is 5.26 Å². The SMILES string of the molecule is COC(=O)[C@]1(C#N)C2C=Cc3ccccc3N2[C@H](C(=O)C(C)(C)C)[C@H]1c1ccc(OC)c(OC)c1. The van der Waals surface area contributed by atoms with E-state index in [0.717, 1.165) is 11.3 Å². The van der Waals surface area contributed by atoms with Crippen LogP contribution in [0.2, 0.25) is 0 Å². The van der Waals surface area contributed by atoms with Gasteiger partial charge in [0.15, 0.2) is 22.7 Å². The molecule has 0 saturated carbocycles. The number of hydrogen-bond donors (Lipinski definition) is 0. The summed E-state index contributed by atoms with van der Waals surface area (Å²) in [6, 6.07) is 13.8. The summed E-state index contributed by atoms with van der Waals surface area (Å²) in [6.45, 7) is 5.56. The van der Waals surface area contributed by atoms with Crippen LogP contribution in [0.5, 0.6) is 11.5 Å². The molecule has 0 aromatic heterocycles. The number of para-hydroxylation sites is 1. The summed E-state index contributed by atoms with van der Waals surface area (Å²) in [7, 11) is 4.33. The van der Waals surface area contributed by atoms with Crippen molar-refractivity contribution in [3.05, 3.63) is 59.7 Å². The summed E-state index contributed by atoms with van der Waals surface area (Å²) < 4.78 is 16.2. The zero-order valence-electron chi connectivity index (χ0n) is 20.9. The van der Waals surface area contributed by atoms with Gasteiger partial charge in [0.25, 0.3) is 0 Å². The molecule has 1 unspecified atom stereocenters. The molecular weight excluding hydrogens is 444 g/mol. The minimum Gasteiger partial charge on any atom is -0.493 e. The number of esters is 1. The van der Waals surface area contributed by atoms with Crippen LogP contribution in [0.15, 0.2) is 48.5 Å². The van der Waals surface area contributed by atoms with E-state index in [2.05, 4.69) is 6.07 Å². The smallest absolute Gasteiger partial charge is 0.329 e. The van der Waals surface area contributed by atoms with E-state index in [1.54, 1.807) is 18.2 Å². The molecule has 1 fully saturated rings. The van der Waals surface area contributed by atoms with Crippen LogP contribution in [-0.4, -0.2) is 45.2 Å². The van der Waals surface area contributed by atoms with Gasteiger partial charge in [0.2, 0.25) is 0 Å². The Morgan fingerprint density at radius 3 is 2.31 bits per heavy atom. The number of carbonyl (C=O) groups is 2. The second kappa shape index (κ2) is 8.77. The average molecular weight is 475 g/mol. The summed E-state index contributed by atoms with van der Waals surface area (Å²) in [5.41, 5.74) is -0.0714. The molecular formula is C28H30N2O5. The van der Waals surface area contributed by atoms with Gasteiger partial charge in [-0.05, 0) is 29.3 Å². The molecule has 0 aliphatic carbocycles. The zero-order valence-corrected chi connectivity index (χ0v) is 20.9. The number of nitriles is 1. The molecule has 2 aromatic rings. The third-order valence-corrected chi connectivity index (χ3v) is 7.03. The Balaban J connectivity index is 2.07. The number of benzene rings is 2. The Morgan fingerprint density at radius 2 is 1.71 bits per heavy atom. The van der Waals surface area contributed by atoms with E-state index in [1.807, 2.05) is 62.1 Å². The lowest BCUT2D eigenvalue weighted by molar-refractivity contribution is -0.150. The Bertz CT molecular complexity index is 1240. The summed E-state index contributed by atoms with van der Waals surface area (Å²) in [4.78, 5) is 29.6. The molecule has 0 spiro atoms. The lowest BCUT2D eigenvalue weighted by Gasteiger charge is -2.37. The van der Waals surface area contributed by atoms with Crippen LogP contribution < -0.4 is 14.4 Å². The number of ether oxygens (including phenoxy) is 3. The highest BCUT2D eigenvalue weighted by molar-refractivity contribution is 5.99. The maximum absolute atomic E-state index is 14.1. The van der Waals surface area contributed by atoms with Crippen molar-refractivity contribution in [3.63, 3.8) is 0 Å². The number of hydrogen-bond acceptors (Lipinski definition) is 7. The van der Waals surface area contributed by atoms with Gasteiger partial charge in [0.1, 0.15) is 0 Å². The Hall–Kier alpha value is -3.79. The minimum absolute atomic E-state index is 0.0755. The van der Waals surface area contributed by atoms with Crippen LogP contribution in [0.3, 0.4) is 0 Å². The fraction of sp³-hybridized carbons (Fsp3) is 0.393. The number of carbonyl (C=O) groups excluding carboxylic acids is 2. The van der Waals surface area contributed by atoms with Gasteiger partial charge >= 0.3 is 5.97 Å². The number of fused-ring (bicyclic) bond motifs is 3. The molecule has 7 heteroatoms. The first-order valence-corrected chi connectivity index (χ1v) is 11.5. The molecule has 2 heterocycles. The first kappa shape index (κ1) is 24.3. The Labute approximate surface area is 205 Å². The van der Waals surface area contributed by atoms with E-state index in [9.17, 15) is 14.9 Å². The number of anilines is 1. The van der Waals surface area contributed by atoms with E-state index in [0.29, 0.717) is 17.1 Å². The van der Waals surface area contributed by atoms with Crippen LogP contribution in [0.1, 0.15) is 37.8 Å². The molecule has 7 nitrogen and oxygen atoms in total. The van der Waals surface area contributed by atoms with E-state index < -0.39 is 34.8 Å². The van der Waals surface area contributed by atoms with Crippen LogP contribution in [0.4, 0.5) is 5.69 Å². The van der Waals surface area contributed by atoms with Crippen LogP contribution in [0.25, 0.3) is 6.08 Å². The fourth-order valence-electron chi connectivity index (χ4n) is 5.40. The largest absolute Gasteiger partial charge is 0.493 e. The number of Topliss-reactive ketones (excluding diaryl/α,β-unsaturated/α-hetero) is 1. The summed E-state index contributed by atoms with van der Waals surface area (Å²) in [5.74, 6) is -0.621. The van der Waals surface area contributed by atoms with Crippen LogP contribution in [0, 0.1) is 22.2 Å². The third kappa shape index (κ3) is 3.56. The minimum atomic E-state index is -1.68. The van der Waals surface area contributed by atoms with E-state index in [1.165, 1.54) is 21.3 Å². The Kier molecular flexibility index (Phi) is 6.10. The molecule has 0 bridgehead atoms. The Morgan fingerprint density at radius 1 is 1.03 bits per heavy atom. The van der Waals surface area contributed by atoms with Crippen molar-refractivity contribution >= 4 is 23.5 Å². The molecule has 182 valence electrons. The van der Waals surface area contributed by atoms with Crippen LogP contribution in [-0.2, 0) is 14.3 Å². The quantitative estimate of drug-likeness (QED) is 0.595. The lowest BCUT2D eigenvalue weighted by atomic mass is 9.67.